The third-order valence-electron chi connectivity index (χ3n) is 4.12. The van der Waals surface area contributed by atoms with Crippen LogP contribution in [0.3, 0.4) is 0 Å². The second kappa shape index (κ2) is 8.75. The van der Waals surface area contributed by atoms with Gasteiger partial charge in [-0.1, -0.05) is 6.07 Å². The Hall–Kier alpha value is -2.48. The van der Waals surface area contributed by atoms with Gasteiger partial charge in [0.25, 0.3) is 0 Å². The monoisotopic (exact) mass is 365 g/mol. The molecule has 2 rings (SSSR count). The van der Waals surface area contributed by atoms with E-state index in [4.69, 9.17) is 4.42 Å². The lowest BCUT2D eigenvalue weighted by Crippen LogP contribution is -2.41. The van der Waals surface area contributed by atoms with Crippen LogP contribution in [0.5, 0.6) is 0 Å². The van der Waals surface area contributed by atoms with E-state index >= 15 is 0 Å². The summed E-state index contributed by atoms with van der Waals surface area (Å²) < 4.78 is 33.7. The molecule has 0 spiro atoms. The molecule has 0 saturated carbocycles. The molecule has 0 aliphatic rings. The lowest BCUT2D eigenvalue weighted by molar-refractivity contribution is 0.282. The van der Waals surface area contributed by atoms with Crippen molar-refractivity contribution in [3.05, 3.63) is 52.7 Å². The molecule has 0 aliphatic heterocycles. The van der Waals surface area contributed by atoms with Crippen LogP contribution in [-0.4, -0.2) is 43.5 Å². The second-order valence-electron chi connectivity index (χ2n) is 6.17. The van der Waals surface area contributed by atoms with Gasteiger partial charge >= 0.3 is 0 Å². The molecule has 8 heteroatoms. The van der Waals surface area contributed by atoms with Gasteiger partial charge in [-0.3, -0.25) is 4.99 Å². The van der Waals surface area contributed by atoms with Gasteiger partial charge in [0, 0.05) is 19.2 Å². The first-order valence-electron chi connectivity index (χ1n) is 8.31. The average Bonchev–Trinajstić information content (AvgIpc) is 2.90. The van der Waals surface area contributed by atoms with Crippen LogP contribution in [0.25, 0.3) is 0 Å². The van der Waals surface area contributed by atoms with Gasteiger partial charge in [-0.25, -0.2) is 13.8 Å². The van der Waals surface area contributed by atoms with E-state index in [-0.39, 0.29) is 12.1 Å². The summed E-state index contributed by atoms with van der Waals surface area (Å²) in [5.41, 5.74) is 0.867. The molecule has 2 N–H and O–H groups in total. The zero-order valence-corrected chi connectivity index (χ0v) is 15.7. The van der Waals surface area contributed by atoms with Gasteiger partial charge in [-0.2, -0.15) is 0 Å². The zero-order chi connectivity index (χ0) is 19.3. The van der Waals surface area contributed by atoms with Gasteiger partial charge < -0.3 is 20.0 Å². The smallest absolute Gasteiger partial charge is 0.214 e. The summed E-state index contributed by atoms with van der Waals surface area (Å²) in [6, 6.07) is 3.38. The number of guanidine groups is 1. The van der Waals surface area contributed by atoms with Crippen LogP contribution in [0.2, 0.25) is 0 Å². The van der Waals surface area contributed by atoms with Gasteiger partial charge in [-0.05, 0) is 40.1 Å². The van der Waals surface area contributed by atoms with E-state index in [2.05, 4.69) is 20.6 Å². The fourth-order valence-electron chi connectivity index (χ4n) is 2.56. The van der Waals surface area contributed by atoms with Crippen molar-refractivity contribution in [1.82, 2.24) is 20.5 Å². The van der Waals surface area contributed by atoms with E-state index in [1.807, 2.05) is 13.8 Å². The van der Waals surface area contributed by atoms with Crippen molar-refractivity contribution in [2.45, 2.75) is 26.4 Å². The van der Waals surface area contributed by atoms with Crippen LogP contribution in [-0.2, 0) is 6.54 Å². The van der Waals surface area contributed by atoms with Crippen LogP contribution < -0.4 is 10.6 Å². The fraction of sp³-hybridized carbons (Fsp3) is 0.444. The highest BCUT2D eigenvalue weighted by Gasteiger charge is 2.22. The highest BCUT2D eigenvalue weighted by Crippen LogP contribution is 2.23. The molecule has 0 aliphatic carbocycles. The van der Waals surface area contributed by atoms with Crippen molar-refractivity contribution in [3.8, 4) is 0 Å². The molecule has 0 bridgehead atoms. The molecule has 142 valence electrons. The molecular weight excluding hydrogens is 340 g/mol. The molecule has 0 saturated heterocycles. The Kier molecular flexibility index (Phi) is 6.68. The normalized spacial score (nSPS) is 13.2. The van der Waals surface area contributed by atoms with E-state index in [1.165, 1.54) is 18.2 Å². The second-order valence-corrected chi connectivity index (χ2v) is 6.17. The highest BCUT2D eigenvalue weighted by atomic mass is 19.1. The summed E-state index contributed by atoms with van der Waals surface area (Å²) in [5, 5.41) is 6.17. The van der Waals surface area contributed by atoms with E-state index in [9.17, 15) is 8.78 Å². The Balaban J connectivity index is 2.02. The predicted molar refractivity (Wildman–Crippen MR) is 97.0 cm³/mol. The summed E-state index contributed by atoms with van der Waals surface area (Å²) in [6.07, 6.45) is 0. The number of oxazole rings is 1. The Morgan fingerprint density at radius 1 is 1.23 bits per heavy atom. The molecule has 1 aromatic heterocycles. The number of aliphatic imine (C=N–C) groups is 1. The van der Waals surface area contributed by atoms with Crippen molar-refractivity contribution >= 4 is 5.96 Å². The standard InChI is InChI=1S/C18H25F2N5O/c1-11-12(2)26-16(24-11)10-23-18(21-3)22-9-15(25(4)5)17-13(19)7-6-8-14(17)20/h6-8,15H,9-10H2,1-5H3,(H2,21,22,23). The Morgan fingerprint density at radius 3 is 2.38 bits per heavy atom. The van der Waals surface area contributed by atoms with Crippen LogP contribution in [0, 0.1) is 25.5 Å². The number of aromatic nitrogens is 1. The minimum Gasteiger partial charge on any atom is -0.444 e. The van der Waals surface area contributed by atoms with Gasteiger partial charge in [-0.15, -0.1) is 0 Å². The summed E-state index contributed by atoms with van der Waals surface area (Å²) in [6.45, 7) is 4.35. The average molecular weight is 365 g/mol. The topological polar surface area (TPSA) is 65.7 Å². The fourth-order valence-corrected chi connectivity index (χ4v) is 2.56. The maximum absolute atomic E-state index is 14.1. The van der Waals surface area contributed by atoms with Crippen molar-refractivity contribution in [2.24, 2.45) is 4.99 Å². The Labute approximate surface area is 152 Å². The van der Waals surface area contributed by atoms with Gasteiger partial charge in [0.1, 0.15) is 17.4 Å². The van der Waals surface area contributed by atoms with E-state index in [0.717, 1.165) is 11.5 Å². The lowest BCUT2D eigenvalue weighted by Gasteiger charge is -2.26. The SMILES string of the molecule is CN=C(NCc1nc(C)c(C)o1)NCC(c1c(F)cccc1F)N(C)C. The van der Waals surface area contributed by atoms with Crippen molar-refractivity contribution in [1.29, 1.82) is 0 Å². The van der Waals surface area contributed by atoms with Crippen LogP contribution in [0.1, 0.15) is 29.0 Å². The molecule has 1 atom stereocenters. The van der Waals surface area contributed by atoms with E-state index < -0.39 is 17.7 Å². The Morgan fingerprint density at radius 2 is 1.88 bits per heavy atom. The number of nitrogens with zero attached hydrogens (tertiary/aromatic N) is 3. The zero-order valence-electron chi connectivity index (χ0n) is 15.7. The summed E-state index contributed by atoms with van der Waals surface area (Å²) in [4.78, 5) is 10.2. The molecule has 6 nitrogen and oxygen atoms in total. The summed E-state index contributed by atoms with van der Waals surface area (Å²) in [7, 11) is 5.16. The number of hydrogen-bond donors (Lipinski definition) is 2. The predicted octanol–water partition coefficient (Wildman–Crippen LogP) is 2.54. The van der Waals surface area contributed by atoms with Crippen molar-refractivity contribution < 1.29 is 13.2 Å². The van der Waals surface area contributed by atoms with Crippen LogP contribution >= 0.6 is 0 Å². The lowest BCUT2D eigenvalue weighted by atomic mass is 10.0. The minimum atomic E-state index is -0.570. The van der Waals surface area contributed by atoms with Crippen molar-refractivity contribution in [2.75, 3.05) is 27.7 Å². The molecule has 1 heterocycles. The Bertz CT molecular complexity index is 733. The van der Waals surface area contributed by atoms with Gasteiger partial charge in [0.2, 0.25) is 5.89 Å². The first-order valence-corrected chi connectivity index (χ1v) is 8.31. The number of likely N-dealkylation sites (N-methyl/N-ethyl adjacent to an activating group) is 1. The number of hydrogen-bond acceptors (Lipinski definition) is 4. The third-order valence-corrected chi connectivity index (χ3v) is 4.12. The van der Waals surface area contributed by atoms with Crippen LogP contribution in [0.15, 0.2) is 27.6 Å². The summed E-state index contributed by atoms with van der Waals surface area (Å²) in [5.74, 6) is 0.667. The molecule has 0 radical (unpaired) electrons. The molecule has 1 unspecified atom stereocenters. The molecule has 2 aromatic rings. The first kappa shape index (κ1) is 19.8. The molecule has 0 amide bonds. The number of aryl methyl sites for hydroxylation is 2. The largest absolute Gasteiger partial charge is 0.444 e. The van der Waals surface area contributed by atoms with Crippen molar-refractivity contribution in [3.63, 3.8) is 0 Å². The third kappa shape index (κ3) is 4.78. The molecular formula is C18H25F2N5O. The number of halogens is 2. The highest BCUT2D eigenvalue weighted by molar-refractivity contribution is 5.79. The van der Waals surface area contributed by atoms with Gasteiger partial charge in [0.15, 0.2) is 5.96 Å². The molecule has 26 heavy (non-hydrogen) atoms. The minimum absolute atomic E-state index is 0.0272. The van der Waals surface area contributed by atoms with Crippen LogP contribution in [0.4, 0.5) is 8.78 Å². The van der Waals surface area contributed by atoms with E-state index in [1.54, 1.807) is 26.0 Å². The number of rotatable bonds is 6. The maximum atomic E-state index is 14.1. The first-order chi connectivity index (χ1) is 12.3. The van der Waals surface area contributed by atoms with Gasteiger partial charge in [0.05, 0.1) is 18.3 Å². The maximum Gasteiger partial charge on any atom is 0.214 e. The number of nitrogens with one attached hydrogen (secondary N) is 2. The molecule has 0 fully saturated rings. The number of benzene rings is 1. The molecule has 1 aromatic carbocycles. The van der Waals surface area contributed by atoms with E-state index in [0.29, 0.717) is 18.4 Å². The quantitative estimate of drug-likeness (QED) is 0.608. The summed E-state index contributed by atoms with van der Waals surface area (Å²) >= 11 is 0.